The van der Waals surface area contributed by atoms with E-state index in [4.69, 9.17) is 4.74 Å². The van der Waals surface area contributed by atoms with Crippen LogP contribution in [0, 0.1) is 5.82 Å². The first kappa shape index (κ1) is 18.2. The van der Waals surface area contributed by atoms with Crippen LogP contribution < -0.4 is 15.0 Å². The Morgan fingerprint density at radius 3 is 2.54 bits per heavy atom. The monoisotopic (exact) mass is 356 g/mol. The molecule has 1 fully saturated rings. The first-order chi connectivity index (χ1) is 12.7. The number of amides is 1. The summed E-state index contributed by atoms with van der Waals surface area (Å²) in [6.07, 6.45) is 4.46. The molecule has 4 nitrogen and oxygen atoms in total. The molecule has 3 rings (SSSR count). The normalized spacial score (nSPS) is 14.2. The SMILES string of the molecule is COc1ccc(CCC(=O)Nc2cc(F)ccc2N2CCCCC2)cc1. The lowest BCUT2D eigenvalue weighted by Gasteiger charge is -2.30. The maximum atomic E-state index is 13.7. The molecule has 1 amide bonds. The van der Waals surface area contributed by atoms with Crippen LogP contribution in [0.5, 0.6) is 5.75 Å². The fourth-order valence-electron chi connectivity index (χ4n) is 3.28. The Labute approximate surface area is 154 Å². The van der Waals surface area contributed by atoms with Gasteiger partial charge in [0, 0.05) is 19.5 Å². The van der Waals surface area contributed by atoms with Gasteiger partial charge >= 0.3 is 0 Å². The van der Waals surface area contributed by atoms with E-state index < -0.39 is 0 Å². The van der Waals surface area contributed by atoms with Crippen molar-refractivity contribution in [1.29, 1.82) is 0 Å². The topological polar surface area (TPSA) is 41.6 Å². The van der Waals surface area contributed by atoms with Crippen LogP contribution >= 0.6 is 0 Å². The zero-order valence-electron chi connectivity index (χ0n) is 15.1. The second kappa shape index (κ2) is 8.70. The van der Waals surface area contributed by atoms with Crippen LogP contribution in [0.3, 0.4) is 0 Å². The summed E-state index contributed by atoms with van der Waals surface area (Å²) in [5, 5.41) is 2.90. The number of benzene rings is 2. The Kier molecular flexibility index (Phi) is 6.10. The number of carbonyl (C=O) groups excluding carboxylic acids is 1. The van der Waals surface area contributed by atoms with Crippen LogP contribution in [0.15, 0.2) is 42.5 Å². The lowest BCUT2D eigenvalue weighted by Crippen LogP contribution is -2.30. The van der Waals surface area contributed by atoms with E-state index in [2.05, 4.69) is 10.2 Å². The summed E-state index contributed by atoms with van der Waals surface area (Å²) in [5.41, 5.74) is 2.53. The zero-order chi connectivity index (χ0) is 18.4. The van der Waals surface area contributed by atoms with E-state index in [0.717, 1.165) is 42.9 Å². The number of anilines is 2. The quantitative estimate of drug-likeness (QED) is 0.834. The van der Waals surface area contributed by atoms with E-state index in [1.54, 1.807) is 13.2 Å². The van der Waals surface area contributed by atoms with Gasteiger partial charge in [0.25, 0.3) is 0 Å². The maximum Gasteiger partial charge on any atom is 0.224 e. The van der Waals surface area contributed by atoms with Crippen molar-refractivity contribution in [1.82, 2.24) is 0 Å². The summed E-state index contributed by atoms with van der Waals surface area (Å²) < 4.78 is 18.8. The minimum absolute atomic E-state index is 0.107. The molecule has 0 aliphatic carbocycles. The summed E-state index contributed by atoms with van der Waals surface area (Å²) >= 11 is 0. The van der Waals surface area contributed by atoms with Crippen molar-refractivity contribution in [2.75, 3.05) is 30.4 Å². The van der Waals surface area contributed by atoms with Crippen LogP contribution in [0.25, 0.3) is 0 Å². The molecule has 0 unspecified atom stereocenters. The molecule has 0 radical (unpaired) electrons. The summed E-state index contributed by atoms with van der Waals surface area (Å²) in [7, 11) is 1.63. The zero-order valence-corrected chi connectivity index (χ0v) is 15.1. The fourth-order valence-corrected chi connectivity index (χ4v) is 3.28. The first-order valence-corrected chi connectivity index (χ1v) is 9.13. The maximum absolute atomic E-state index is 13.7. The molecular weight excluding hydrogens is 331 g/mol. The van der Waals surface area contributed by atoms with Crippen molar-refractivity contribution >= 4 is 17.3 Å². The van der Waals surface area contributed by atoms with E-state index in [0.29, 0.717) is 18.5 Å². The van der Waals surface area contributed by atoms with E-state index in [9.17, 15) is 9.18 Å². The van der Waals surface area contributed by atoms with Gasteiger partial charge in [-0.15, -0.1) is 0 Å². The molecule has 1 heterocycles. The Bertz CT molecular complexity index is 740. The van der Waals surface area contributed by atoms with Crippen LogP contribution in [0.1, 0.15) is 31.2 Å². The van der Waals surface area contributed by atoms with E-state index in [1.165, 1.54) is 18.6 Å². The van der Waals surface area contributed by atoms with Gasteiger partial charge in [-0.1, -0.05) is 12.1 Å². The largest absolute Gasteiger partial charge is 0.497 e. The van der Waals surface area contributed by atoms with E-state index >= 15 is 0 Å². The Hall–Kier alpha value is -2.56. The molecule has 0 aromatic heterocycles. The highest BCUT2D eigenvalue weighted by Gasteiger charge is 2.16. The molecule has 0 saturated carbocycles. The van der Waals surface area contributed by atoms with Crippen molar-refractivity contribution in [3.63, 3.8) is 0 Å². The Morgan fingerprint density at radius 2 is 1.85 bits per heavy atom. The van der Waals surface area contributed by atoms with Gasteiger partial charge in [-0.3, -0.25) is 4.79 Å². The van der Waals surface area contributed by atoms with Gasteiger partial charge in [-0.2, -0.15) is 0 Å². The summed E-state index contributed by atoms with van der Waals surface area (Å²) in [6, 6.07) is 12.3. The summed E-state index contributed by atoms with van der Waals surface area (Å²) in [5.74, 6) is 0.352. The highest BCUT2D eigenvalue weighted by molar-refractivity contribution is 5.94. The number of carbonyl (C=O) groups is 1. The molecule has 138 valence electrons. The van der Waals surface area contributed by atoms with E-state index in [-0.39, 0.29) is 11.7 Å². The molecular formula is C21H25FN2O2. The molecule has 2 aromatic rings. The number of rotatable bonds is 6. The van der Waals surface area contributed by atoms with Crippen molar-refractivity contribution in [2.24, 2.45) is 0 Å². The van der Waals surface area contributed by atoms with Gasteiger partial charge in [0.1, 0.15) is 11.6 Å². The minimum Gasteiger partial charge on any atom is -0.497 e. The van der Waals surface area contributed by atoms with Crippen LogP contribution in [-0.2, 0) is 11.2 Å². The summed E-state index contributed by atoms with van der Waals surface area (Å²) in [4.78, 5) is 14.6. The van der Waals surface area contributed by atoms with Gasteiger partial charge in [-0.05, 0) is 61.6 Å². The van der Waals surface area contributed by atoms with Crippen LogP contribution in [0.2, 0.25) is 0 Å². The van der Waals surface area contributed by atoms with Gasteiger partial charge in [0.05, 0.1) is 18.5 Å². The number of hydrogen-bond donors (Lipinski definition) is 1. The van der Waals surface area contributed by atoms with Gasteiger partial charge in [-0.25, -0.2) is 4.39 Å². The Morgan fingerprint density at radius 1 is 1.12 bits per heavy atom. The number of nitrogens with zero attached hydrogens (tertiary/aromatic N) is 1. The second-order valence-electron chi connectivity index (χ2n) is 6.61. The third kappa shape index (κ3) is 4.75. The molecule has 0 bridgehead atoms. The third-order valence-corrected chi connectivity index (χ3v) is 4.73. The fraction of sp³-hybridized carbons (Fsp3) is 0.381. The number of piperidine rings is 1. The number of aryl methyl sites for hydroxylation is 1. The van der Waals surface area contributed by atoms with E-state index in [1.807, 2.05) is 24.3 Å². The first-order valence-electron chi connectivity index (χ1n) is 9.13. The third-order valence-electron chi connectivity index (χ3n) is 4.73. The summed E-state index contributed by atoms with van der Waals surface area (Å²) in [6.45, 7) is 1.89. The highest BCUT2D eigenvalue weighted by atomic mass is 19.1. The number of ether oxygens (including phenoxy) is 1. The Balaban J connectivity index is 1.63. The molecule has 2 aromatic carbocycles. The lowest BCUT2D eigenvalue weighted by atomic mass is 10.1. The van der Waals surface area contributed by atoms with Gasteiger partial charge in [0.15, 0.2) is 0 Å². The smallest absolute Gasteiger partial charge is 0.224 e. The van der Waals surface area contributed by atoms with Crippen molar-refractivity contribution in [3.8, 4) is 5.75 Å². The number of halogens is 1. The second-order valence-corrected chi connectivity index (χ2v) is 6.61. The number of methoxy groups -OCH3 is 1. The molecule has 1 saturated heterocycles. The molecule has 0 spiro atoms. The molecule has 1 N–H and O–H groups in total. The highest BCUT2D eigenvalue weighted by Crippen LogP contribution is 2.29. The molecule has 1 aliphatic rings. The average molecular weight is 356 g/mol. The molecule has 1 aliphatic heterocycles. The lowest BCUT2D eigenvalue weighted by molar-refractivity contribution is -0.116. The molecule has 26 heavy (non-hydrogen) atoms. The average Bonchev–Trinajstić information content (AvgIpc) is 2.67. The molecule has 0 atom stereocenters. The van der Waals surface area contributed by atoms with Crippen molar-refractivity contribution in [2.45, 2.75) is 32.1 Å². The molecule has 5 heteroatoms. The minimum atomic E-state index is -0.337. The van der Waals surface area contributed by atoms with Gasteiger partial charge < -0.3 is 15.0 Å². The standard InChI is InChI=1S/C21H25FN2O2/c1-26-18-9-5-16(6-10-18)7-12-21(25)23-19-15-17(22)8-11-20(19)24-13-3-2-4-14-24/h5-6,8-11,15H,2-4,7,12-14H2,1H3,(H,23,25). The van der Waals surface area contributed by atoms with Gasteiger partial charge in [0.2, 0.25) is 5.91 Å². The number of hydrogen-bond acceptors (Lipinski definition) is 3. The van der Waals surface area contributed by atoms with Crippen LogP contribution in [0.4, 0.5) is 15.8 Å². The van der Waals surface area contributed by atoms with Crippen molar-refractivity contribution < 1.29 is 13.9 Å². The van der Waals surface area contributed by atoms with Crippen molar-refractivity contribution in [3.05, 3.63) is 53.8 Å². The predicted molar refractivity (Wildman–Crippen MR) is 102 cm³/mol. The predicted octanol–water partition coefficient (Wildman–Crippen LogP) is 4.40. The number of nitrogens with one attached hydrogen (secondary N) is 1. The van der Waals surface area contributed by atoms with Crippen LogP contribution in [-0.4, -0.2) is 26.1 Å².